The zero-order valence-electron chi connectivity index (χ0n) is 15.9. The molecule has 0 unspecified atom stereocenters. The smallest absolute Gasteiger partial charge is 0.226 e. The van der Waals surface area contributed by atoms with Gasteiger partial charge in [0.05, 0.1) is 6.61 Å². The van der Waals surface area contributed by atoms with Crippen molar-refractivity contribution in [2.45, 2.75) is 64.0 Å². The van der Waals surface area contributed by atoms with E-state index < -0.39 is 0 Å². The molecule has 1 aromatic carbocycles. The Hall–Kier alpha value is -1.81. The Morgan fingerprint density at radius 1 is 1.07 bits per heavy atom. The van der Waals surface area contributed by atoms with E-state index in [0.717, 1.165) is 44.4 Å². The number of carbonyl (C=O) groups is 1. The number of hydrogen-bond acceptors (Lipinski definition) is 3. The number of benzene rings is 1. The molecule has 4 rings (SSSR count). The Kier molecular flexibility index (Phi) is 6.13. The van der Waals surface area contributed by atoms with E-state index in [1.165, 1.54) is 30.4 Å². The van der Waals surface area contributed by atoms with Gasteiger partial charge in [-0.2, -0.15) is 11.3 Å². The van der Waals surface area contributed by atoms with E-state index in [-0.39, 0.29) is 5.92 Å². The first-order valence-corrected chi connectivity index (χ1v) is 11.3. The minimum Gasteiger partial charge on any atom is -0.493 e. The van der Waals surface area contributed by atoms with Crippen LogP contribution in [-0.4, -0.2) is 23.5 Å². The van der Waals surface area contributed by atoms with E-state index in [9.17, 15) is 4.79 Å². The highest BCUT2D eigenvalue weighted by Gasteiger charge is 2.36. The van der Waals surface area contributed by atoms with Crippen LogP contribution in [0, 0.1) is 5.92 Å². The summed E-state index contributed by atoms with van der Waals surface area (Å²) in [6, 6.07) is 10.9. The van der Waals surface area contributed by atoms with Crippen molar-refractivity contribution in [3.05, 3.63) is 52.2 Å². The summed E-state index contributed by atoms with van der Waals surface area (Å²) in [6.07, 6.45) is 9.12. The quantitative estimate of drug-likeness (QED) is 0.607. The molecule has 0 radical (unpaired) electrons. The van der Waals surface area contributed by atoms with E-state index in [4.69, 9.17) is 4.74 Å². The fourth-order valence-electron chi connectivity index (χ4n) is 4.01. The van der Waals surface area contributed by atoms with Crippen LogP contribution in [0.4, 0.5) is 0 Å². The van der Waals surface area contributed by atoms with Crippen molar-refractivity contribution in [1.29, 1.82) is 0 Å². The largest absolute Gasteiger partial charge is 0.493 e. The maximum atomic E-state index is 13.1. The Morgan fingerprint density at radius 2 is 1.93 bits per heavy atom. The SMILES string of the molecule is O=C(C1CCCCC1)N(Cc1cccc(OCCc2ccsc2)c1)C1CC1. The summed E-state index contributed by atoms with van der Waals surface area (Å²) in [4.78, 5) is 15.2. The fraction of sp³-hybridized carbons (Fsp3) is 0.522. The number of nitrogens with zero attached hydrogens (tertiary/aromatic N) is 1. The number of carbonyl (C=O) groups excluding carboxylic acids is 1. The molecule has 2 aliphatic rings. The van der Waals surface area contributed by atoms with Crippen LogP contribution in [0.25, 0.3) is 0 Å². The van der Waals surface area contributed by atoms with Crippen molar-refractivity contribution >= 4 is 17.2 Å². The molecule has 0 atom stereocenters. The molecular formula is C23H29NO2S. The minimum absolute atomic E-state index is 0.254. The molecule has 0 aliphatic heterocycles. The van der Waals surface area contributed by atoms with Crippen LogP contribution < -0.4 is 4.74 Å². The molecule has 1 aromatic heterocycles. The van der Waals surface area contributed by atoms with Gasteiger partial charge in [-0.05, 0) is 65.8 Å². The predicted molar refractivity (Wildman–Crippen MR) is 110 cm³/mol. The lowest BCUT2D eigenvalue weighted by Crippen LogP contribution is -2.38. The first-order chi connectivity index (χ1) is 13.3. The monoisotopic (exact) mass is 383 g/mol. The maximum Gasteiger partial charge on any atom is 0.226 e. The van der Waals surface area contributed by atoms with Crippen molar-refractivity contribution in [2.75, 3.05) is 6.61 Å². The molecule has 2 saturated carbocycles. The predicted octanol–water partition coefficient (Wildman–Crippen LogP) is 5.44. The van der Waals surface area contributed by atoms with E-state index in [1.54, 1.807) is 11.3 Å². The summed E-state index contributed by atoms with van der Waals surface area (Å²) in [6.45, 7) is 1.41. The van der Waals surface area contributed by atoms with Gasteiger partial charge in [0.1, 0.15) is 5.75 Å². The average Bonchev–Trinajstić information content (AvgIpc) is 3.42. The molecule has 144 valence electrons. The van der Waals surface area contributed by atoms with Gasteiger partial charge in [-0.1, -0.05) is 31.4 Å². The molecule has 0 saturated heterocycles. The third-order valence-corrected chi connectivity index (χ3v) is 6.45. The van der Waals surface area contributed by atoms with Crippen LogP contribution in [-0.2, 0) is 17.8 Å². The van der Waals surface area contributed by atoms with E-state index in [1.807, 2.05) is 12.1 Å². The number of rotatable bonds is 8. The minimum atomic E-state index is 0.254. The van der Waals surface area contributed by atoms with Gasteiger partial charge in [0.15, 0.2) is 0 Å². The van der Waals surface area contributed by atoms with Crippen LogP contribution in [0.1, 0.15) is 56.1 Å². The van der Waals surface area contributed by atoms with Crippen molar-refractivity contribution < 1.29 is 9.53 Å². The lowest BCUT2D eigenvalue weighted by atomic mass is 9.88. The molecule has 0 spiro atoms. The summed E-state index contributed by atoms with van der Waals surface area (Å²) in [5.41, 5.74) is 2.51. The second kappa shape index (κ2) is 8.92. The van der Waals surface area contributed by atoms with E-state index in [2.05, 4.69) is 33.9 Å². The Labute approximate surface area is 166 Å². The van der Waals surface area contributed by atoms with Gasteiger partial charge in [-0.15, -0.1) is 0 Å². The normalized spacial score (nSPS) is 17.6. The Morgan fingerprint density at radius 3 is 2.67 bits per heavy atom. The molecular weight excluding hydrogens is 354 g/mol. The first kappa shape index (κ1) is 18.5. The summed E-state index contributed by atoms with van der Waals surface area (Å²) >= 11 is 1.72. The van der Waals surface area contributed by atoms with Gasteiger partial charge < -0.3 is 9.64 Å². The van der Waals surface area contributed by atoms with Crippen molar-refractivity contribution in [2.24, 2.45) is 5.92 Å². The molecule has 1 heterocycles. The topological polar surface area (TPSA) is 29.5 Å². The molecule has 2 fully saturated rings. The summed E-state index contributed by atoms with van der Waals surface area (Å²) < 4.78 is 5.96. The number of thiophene rings is 1. The van der Waals surface area contributed by atoms with Gasteiger partial charge in [0.25, 0.3) is 0 Å². The molecule has 0 bridgehead atoms. The van der Waals surface area contributed by atoms with Crippen LogP contribution in [0.5, 0.6) is 5.75 Å². The van der Waals surface area contributed by atoms with Gasteiger partial charge in [-0.3, -0.25) is 4.79 Å². The second-order valence-corrected chi connectivity index (χ2v) is 8.69. The highest BCUT2D eigenvalue weighted by molar-refractivity contribution is 7.07. The standard InChI is InChI=1S/C23H29NO2S/c25-23(20-6-2-1-3-7-20)24(21-9-10-21)16-19-5-4-8-22(15-19)26-13-11-18-12-14-27-17-18/h4-5,8,12,14-15,17,20-21H,1-3,6-7,9-11,13,16H2. The molecule has 0 N–H and O–H groups in total. The number of amides is 1. The van der Waals surface area contributed by atoms with Gasteiger partial charge >= 0.3 is 0 Å². The summed E-state index contributed by atoms with van der Waals surface area (Å²) in [5.74, 6) is 1.55. The third-order valence-electron chi connectivity index (χ3n) is 5.72. The molecule has 2 aromatic rings. The van der Waals surface area contributed by atoms with Crippen molar-refractivity contribution in [1.82, 2.24) is 4.90 Å². The van der Waals surface area contributed by atoms with Gasteiger partial charge in [0, 0.05) is 24.9 Å². The molecule has 4 heteroatoms. The van der Waals surface area contributed by atoms with Crippen LogP contribution in [0.15, 0.2) is 41.1 Å². The van der Waals surface area contributed by atoms with Crippen LogP contribution >= 0.6 is 11.3 Å². The van der Waals surface area contributed by atoms with Crippen LogP contribution in [0.3, 0.4) is 0 Å². The zero-order chi connectivity index (χ0) is 18.5. The Balaban J connectivity index is 1.36. The molecule has 3 nitrogen and oxygen atoms in total. The first-order valence-electron chi connectivity index (χ1n) is 10.3. The molecule has 2 aliphatic carbocycles. The number of ether oxygens (including phenoxy) is 1. The van der Waals surface area contributed by atoms with Gasteiger partial charge in [-0.25, -0.2) is 0 Å². The highest BCUT2D eigenvalue weighted by atomic mass is 32.1. The van der Waals surface area contributed by atoms with Crippen molar-refractivity contribution in [3.8, 4) is 5.75 Å². The highest BCUT2D eigenvalue weighted by Crippen LogP contribution is 2.33. The molecule has 1 amide bonds. The zero-order valence-corrected chi connectivity index (χ0v) is 16.8. The van der Waals surface area contributed by atoms with Gasteiger partial charge in [0.2, 0.25) is 5.91 Å². The number of hydrogen-bond donors (Lipinski definition) is 0. The average molecular weight is 384 g/mol. The fourth-order valence-corrected chi connectivity index (χ4v) is 4.71. The second-order valence-electron chi connectivity index (χ2n) is 7.91. The van der Waals surface area contributed by atoms with E-state index in [0.29, 0.717) is 18.6 Å². The van der Waals surface area contributed by atoms with Crippen molar-refractivity contribution in [3.63, 3.8) is 0 Å². The maximum absolute atomic E-state index is 13.1. The Bertz CT molecular complexity index is 733. The lowest BCUT2D eigenvalue weighted by Gasteiger charge is -2.29. The summed E-state index contributed by atoms with van der Waals surface area (Å²) in [7, 11) is 0. The van der Waals surface area contributed by atoms with Crippen LogP contribution in [0.2, 0.25) is 0 Å². The van der Waals surface area contributed by atoms with E-state index >= 15 is 0 Å². The third kappa shape index (κ3) is 5.13. The lowest BCUT2D eigenvalue weighted by molar-refractivity contribution is -0.137. The molecule has 27 heavy (non-hydrogen) atoms. The summed E-state index contributed by atoms with van der Waals surface area (Å²) in [5, 5.41) is 4.27.